The second-order valence-corrected chi connectivity index (χ2v) is 3.43. The molecule has 0 aromatic carbocycles. The van der Waals surface area contributed by atoms with E-state index in [9.17, 15) is 9.90 Å². The molecule has 1 N–H and O–H groups in total. The summed E-state index contributed by atoms with van der Waals surface area (Å²) < 4.78 is 0. The molecule has 1 aliphatic rings. The van der Waals surface area contributed by atoms with Crippen LogP contribution in [0.2, 0.25) is 0 Å². The molecule has 78 valence electrons. The highest BCUT2D eigenvalue weighted by Crippen LogP contribution is 2.20. The lowest BCUT2D eigenvalue weighted by molar-refractivity contribution is -0.132. The van der Waals surface area contributed by atoms with Gasteiger partial charge in [-0.05, 0) is 25.3 Å². The fourth-order valence-corrected chi connectivity index (χ4v) is 1.79. The lowest BCUT2D eigenvalue weighted by Gasteiger charge is -2.26. The fraction of sp³-hybridized carbons (Fsp3) is 0.875. The monoisotopic (exact) mass is 198 g/mol. The maximum absolute atomic E-state index is 11.5. The second kappa shape index (κ2) is 4.83. The number of likely N-dealkylation sites (tertiary alicyclic amines) is 1. The fourth-order valence-electron chi connectivity index (χ4n) is 1.79. The van der Waals surface area contributed by atoms with E-state index in [2.05, 4.69) is 10.0 Å². The number of aliphatic hydroxyl groups is 1. The van der Waals surface area contributed by atoms with Crippen molar-refractivity contribution in [3.63, 3.8) is 0 Å². The minimum Gasteiger partial charge on any atom is -0.391 e. The molecule has 1 amide bonds. The van der Waals surface area contributed by atoms with Gasteiger partial charge in [0.05, 0.1) is 12.1 Å². The number of aliphatic hydroxyl groups excluding tert-OH is 1. The summed E-state index contributed by atoms with van der Waals surface area (Å²) in [7, 11) is 0. The lowest BCUT2D eigenvalue weighted by atomic mass is 10.1. The van der Waals surface area contributed by atoms with Crippen molar-refractivity contribution in [2.24, 2.45) is 5.11 Å². The van der Waals surface area contributed by atoms with Gasteiger partial charge in [0.25, 0.3) is 0 Å². The van der Waals surface area contributed by atoms with E-state index in [0.717, 1.165) is 12.8 Å². The summed E-state index contributed by atoms with van der Waals surface area (Å²) in [6.07, 6.45) is 1.20. The maximum atomic E-state index is 11.5. The summed E-state index contributed by atoms with van der Waals surface area (Å²) in [6.45, 7) is 2.17. The SMILES string of the molecule is C[C@H](O)[C@H]1CCCN1C(=O)CN=[N+]=[N-]. The molecule has 14 heavy (non-hydrogen) atoms. The van der Waals surface area contributed by atoms with Crippen LogP contribution in [0.25, 0.3) is 10.4 Å². The third-order valence-corrected chi connectivity index (χ3v) is 2.45. The molecule has 2 atom stereocenters. The van der Waals surface area contributed by atoms with Crippen LogP contribution in [0.4, 0.5) is 0 Å². The Morgan fingerprint density at radius 2 is 2.57 bits per heavy atom. The van der Waals surface area contributed by atoms with Crippen molar-refractivity contribution >= 4 is 5.91 Å². The van der Waals surface area contributed by atoms with Crippen molar-refractivity contribution in [2.75, 3.05) is 13.1 Å². The molecule has 0 radical (unpaired) electrons. The number of rotatable bonds is 3. The smallest absolute Gasteiger partial charge is 0.228 e. The number of amides is 1. The Morgan fingerprint density at radius 3 is 3.14 bits per heavy atom. The number of azide groups is 1. The van der Waals surface area contributed by atoms with Crippen LogP contribution in [0.1, 0.15) is 19.8 Å². The van der Waals surface area contributed by atoms with Crippen molar-refractivity contribution in [1.29, 1.82) is 0 Å². The highest BCUT2D eigenvalue weighted by atomic mass is 16.3. The van der Waals surface area contributed by atoms with Crippen molar-refractivity contribution < 1.29 is 9.90 Å². The van der Waals surface area contributed by atoms with E-state index in [4.69, 9.17) is 5.53 Å². The van der Waals surface area contributed by atoms with Crippen LogP contribution in [0.15, 0.2) is 5.11 Å². The molecule has 1 heterocycles. The van der Waals surface area contributed by atoms with Crippen molar-refractivity contribution in [2.45, 2.75) is 31.9 Å². The first kappa shape index (κ1) is 10.8. The van der Waals surface area contributed by atoms with Crippen LogP contribution in [0.3, 0.4) is 0 Å². The van der Waals surface area contributed by atoms with Gasteiger partial charge in [-0.25, -0.2) is 0 Å². The Bertz CT molecular complexity index is 260. The van der Waals surface area contributed by atoms with Gasteiger partial charge in [-0.2, -0.15) is 0 Å². The molecule has 1 rings (SSSR count). The topological polar surface area (TPSA) is 89.3 Å². The molecule has 6 heteroatoms. The van der Waals surface area contributed by atoms with Gasteiger partial charge in [0.15, 0.2) is 0 Å². The zero-order valence-corrected chi connectivity index (χ0v) is 8.13. The van der Waals surface area contributed by atoms with Gasteiger partial charge in [-0.3, -0.25) is 4.79 Å². The standard InChI is InChI=1S/C8H14N4O2/c1-6(13)7-3-2-4-12(7)8(14)5-10-11-9/h6-7,13H,2-5H2,1H3/t6-,7+/m0/s1. The summed E-state index contributed by atoms with van der Waals surface area (Å²) in [5.41, 5.74) is 8.07. The molecule has 0 aromatic rings. The Labute approximate surface area is 82.1 Å². The van der Waals surface area contributed by atoms with E-state index >= 15 is 0 Å². The van der Waals surface area contributed by atoms with E-state index in [1.807, 2.05) is 0 Å². The minimum absolute atomic E-state index is 0.114. The van der Waals surface area contributed by atoms with Gasteiger partial charge < -0.3 is 10.0 Å². The Kier molecular flexibility index (Phi) is 3.73. The number of hydrogen-bond acceptors (Lipinski definition) is 3. The van der Waals surface area contributed by atoms with Gasteiger partial charge in [0.2, 0.25) is 5.91 Å². The molecule has 0 saturated carbocycles. The predicted molar refractivity (Wildman–Crippen MR) is 50.4 cm³/mol. The van der Waals surface area contributed by atoms with E-state index in [-0.39, 0.29) is 18.5 Å². The first-order valence-corrected chi connectivity index (χ1v) is 4.65. The lowest BCUT2D eigenvalue weighted by Crippen LogP contribution is -2.42. The van der Waals surface area contributed by atoms with Crippen LogP contribution in [-0.2, 0) is 4.79 Å². The summed E-state index contributed by atoms with van der Waals surface area (Å²) in [5, 5.41) is 12.6. The highest BCUT2D eigenvalue weighted by molar-refractivity contribution is 5.79. The molecule has 0 unspecified atom stereocenters. The number of hydrogen-bond donors (Lipinski definition) is 1. The van der Waals surface area contributed by atoms with Gasteiger partial charge in [0, 0.05) is 11.5 Å². The Morgan fingerprint density at radius 1 is 1.86 bits per heavy atom. The average molecular weight is 198 g/mol. The van der Waals surface area contributed by atoms with Crippen LogP contribution in [-0.4, -0.2) is 41.1 Å². The summed E-state index contributed by atoms with van der Waals surface area (Å²) in [4.78, 5) is 15.6. The maximum Gasteiger partial charge on any atom is 0.228 e. The minimum atomic E-state index is -0.521. The molecule has 0 aromatic heterocycles. The summed E-state index contributed by atoms with van der Waals surface area (Å²) in [5.74, 6) is -0.203. The van der Waals surface area contributed by atoms with E-state index < -0.39 is 6.10 Å². The van der Waals surface area contributed by atoms with Crippen LogP contribution in [0, 0.1) is 0 Å². The Balaban J connectivity index is 2.57. The molecule has 6 nitrogen and oxygen atoms in total. The first-order valence-electron chi connectivity index (χ1n) is 4.65. The number of carbonyl (C=O) groups excluding carboxylic acids is 1. The molecule has 0 aliphatic carbocycles. The zero-order chi connectivity index (χ0) is 10.6. The van der Waals surface area contributed by atoms with Crippen LogP contribution >= 0.6 is 0 Å². The zero-order valence-electron chi connectivity index (χ0n) is 8.13. The van der Waals surface area contributed by atoms with Gasteiger partial charge in [-0.1, -0.05) is 5.11 Å². The molecule has 1 fully saturated rings. The third-order valence-electron chi connectivity index (χ3n) is 2.45. The molecule has 0 spiro atoms. The van der Waals surface area contributed by atoms with Crippen molar-refractivity contribution in [3.05, 3.63) is 10.4 Å². The molecule has 1 saturated heterocycles. The van der Waals surface area contributed by atoms with Crippen LogP contribution in [0.5, 0.6) is 0 Å². The number of nitrogens with zero attached hydrogens (tertiary/aromatic N) is 4. The highest BCUT2D eigenvalue weighted by Gasteiger charge is 2.31. The predicted octanol–water partition coefficient (Wildman–Crippen LogP) is 0.668. The molecule has 1 aliphatic heterocycles. The van der Waals surface area contributed by atoms with E-state index in [0.29, 0.717) is 6.54 Å². The largest absolute Gasteiger partial charge is 0.391 e. The van der Waals surface area contributed by atoms with E-state index in [1.54, 1.807) is 11.8 Å². The normalized spacial score (nSPS) is 23.0. The molecular formula is C8H14N4O2. The first-order chi connectivity index (χ1) is 6.66. The van der Waals surface area contributed by atoms with E-state index in [1.165, 1.54) is 0 Å². The van der Waals surface area contributed by atoms with Gasteiger partial charge in [0.1, 0.15) is 6.54 Å². The molecular weight excluding hydrogens is 184 g/mol. The second-order valence-electron chi connectivity index (χ2n) is 3.43. The van der Waals surface area contributed by atoms with Gasteiger partial charge in [-0.15, -0.1) is 0 Å². The number of carbonyl (C=O) groups is 1. The molecule has 0 bridgehead atoms. The third kappa shape index (κ3) is 2.37. The van der Waals surface area contributed by atoms with Crippen LogP contribution < -0.4 is 0 Å². The average Bonchev–Trinajstić information content (AvgIpc) is 2.62. The Hall–Kier alpha value is -1.26. The summed E-state index contributed by atoms with van der Waals surface area (Å²) in [6, 6.07) is -0.114. The van der Waals surface area contributed by atoms with Crippen molar-refractivity contribution in [1.82, 2.24) is 4.90 Å². The van der Waals surface area contributed by atoms with Crippen molar-refractivity contribution in [3.8, 4) is 0 Å². The van der Waals surface area contributed by atoms with Gasteiger partial charge >= 0.3 is 0 Å². The summed E-state index contributed by atoms with van der Waals surface area (Å²) >= 11 is 0. The quantitative estimate of drug-likeness (QED) is 0.410.